The van der Waals surface area contributed by atoms with Crippen LogP contribution in [0.2, 0.25) is 0 Å². The van der Waals surface area contributed by atoms with Gasteiger partial charge in [-0.15, -0.1) is 0 Å². The Kier molecular flexibility index (Phi) is 6.95. The molecule has 0 saturated heterocycles. The van der Waals surface area contributed by atoms with Gasteiger partial charge in [0, 0.05) is 25.5 Å². The molecule has 3 aromatic rings. The summed E-state index contributed by atoms with van der Waals surface area (Å²) in [6.45, 7) is 2.77. The third-order valence-electron chi connectivity index (χ3n) is 4.60. The molecule has 0 fully saturated rings. The van der Waals surface area contributed by atoms with Crippen LogP contribution in [-0.2, 0) is 29.5 Å². The van der Waals surface area contributed by atoms with E-state index in [9.17, 15) is 8.42 Å². The van der Waals surface area contributed by atoms with Gasteiger partial charge in [-0.3, -0.25) is 4.98 Å². The number of sulfonamides is 1. The number of benzene rings is 2. The second kappa shape index (κ2) is 9.62. The number of hydrogen-bond acceptors (Lipinski definition) is 3. The van der Waals surface area contributed by atoms with Gasteiger partial charge in [-0.25, -0.2) is 8.42 Å². The third-order valence-corrected chi connectivity index (χ3v) is 6.38. The van der Waals surface area contributed by atoms with E-state index in [1.54, 1.807) is 24.4 Å². The summed E-state index contributed by atoms with van der Waals surface area (Å²) in [6, 6.07) is 21.9. The Morgan fingerprint density at radius 2 is 1.71 bits per heavy atom. The van der Waals surface area contributed by atoms with Gasteiger partial charge >= 0.3 is 0 Å². The van der Waals surface area contributed by atoms with Gasteiger partial charge in [-0.05, 0) is 53.8 Å². The minimum Gasteiger partial charge on any atom is -0.263 e. The summed E-state index contributed by atoms with van der Waals surface area (Å²) in [5.74, 6) is 0. The van der Waals surface area contributed by atoms with Crippen molar-refractivity contribution in [1.82, 2.24) is 9.29 Å². The topological polar surface area (TPSA) is 50.3 Å². The van der Waals surface area contributed by atoms with Crippen molar-refractivity contribution >= 4 is 10.0 Å². The highest BCUT2D eigenvalue weighted by Crippen LogP contribution is 2.21. The van der Waals surface area contributed by atoms with E-state index in [2.05, 4.69) is 30.1 Å². The molecule has 0 aliphatic rings. The Bertz CT molecular complexity index is 957. The molecule has 0 atom stereocenters. The van der Waals surface area contributed by atoms with Gasteiger partial charge in [-0.1, -0.05) is 55.8 Å². The lowest BCUT2D eigenvalue weighted by atomic mass is 10.1. The molecule has 145 valence electrons. The Morgan fingerprint density at radius 3 is 2.36 bits per heavy atom. The lowest BCUT2D eigenvalue weighted by Gasteiger charge is -2.22. The van der Waals surface area contributed by atoms with Gasteiger partial charge in [0.15, 0.2) is 0 Å². The molecule has 0 aliphatic carbocycles. The van der Waals surface area contributed by atoms with E-state index >= 15 is 0 Å². The number of nitrogens with zero attached hydrogens (tertiary/aromatic N) is 2. The van der Waals surface area contributed by atoms with E-state index < -0.39 is 10.0 Å². The Balaban J connectivity index is 1.86. The second-order valence-electron chi connectivity index (χ2n) is 6.79. The highest BCUT2D eigenvalue weighted by molar-refractivity contribution is 7.89. The van der Waals surface area contributed by atoms with Gasteiger partial charge in [0.2, 0.25) is 10.0 Å². The number of rotatable bonds is 9. The molecule has 5 heteroatoms. The van der Waals surface area contributed by atoms with E-state index in [0.717, 1.165) is 30.4 Å². The van der Waals surface area contributed by atoms with E-state index in [1.165, 1.54) is 16.1 Å². The fourth-order valence-corrected chi connectivity index (χ4v) is 4.38. The normalized spacial score (nSPS) is 11.6. The first-order chi connectivity index (χ1) is 13.6. The molecule has 4 nitrogen and oxygen atoms in total. The van der Waals surface area contributed by atoms with Crippen molar-refractivity contribution in [2.45, 2.75) is 44.2 Å². The molecular weight excluding hydrogens is 368 g/mol. The molecule has 1 radical (unpaired) electrons. The third kappa shape index (κ3) is 5.27. The van der Waals surface area contributed by atoms with Crippen molar-refractivity contribution in [1.29, 1.82) is 0 Å². The van der Waals surface area contributed by atoms with Crippen LogP contribution >= 0.6 is 0 Å². The lowest BCUT2D eigenvalue weighted by molar-refractivity contribution is 0.401. The van der Waals surface area contributed by atoms with Crippen LogP contribution in [0.25, 0.3) is 0 Å². The zero-order valence-corrected chi connectivity index (χ0v) is 16.9. The van der Waals surface area contributed by atoms with Crippen LogP contribution in [0.1, 0.15) is 36.5 Å². The smallest absolute Gasteiger partial charge is 0.245 e. The van der Waals surface area contributed by atoms with Gasteiger partial charge < -0.3 is 0 Å². The maximum Gasteiger partial charge on any atom is 0.245 e. The molecular formula is C23H25N2O2S. The largest absolute Gasteiger partial charge is 0.263 e. The van der Waals surface area contributed by atoms with Crippen molar-refractivity contribution in [3.05, 3.63) is 95.8 Å². The number of pyridine rings is 1. The van der Waals surface area contributed by atoms with Crippen LogP contribution in [0.15, 0.2) is 78.0 Å². The van der Waals surface area contributed by atoms with E-state index in [1.807, 2.05) is 30.3 Å². The van der Waals surface area contributed by atoms with Gasteiger partial charge in [0.25, 0.3) is 0 Å². The molecule has 2 aromatic carbocycles. The molecule has 1 heterocycles. The first-order valence-electron chi connectivity index (χ1n) is 9.52. The molecule has 0 N–H and O–H groups in total. The molecule has 3 rings (SSSR count). The Hall–Kier alpha value is -2.50. The van der Waals surface area contributed by atoms with Crippen molar-refractivity contribution < 1.29 is 8.42 Å². The second-order valence-corrected chi connectivity index (χ2v) is 8.73. The maximum absolute atomic E-state index is 13.2. The van der Waals surface area contributed by atoms with Crippen LogP contribution in [0.5, 0.6) is 0 Å². The first-order valence-corrected chi connectivity index (χ1v) is 11.0. The van der Waals surface area contributed by atoms with Gasteiger partial charge in [-0.2, -0.15) is 4.31 Å². The molecule has 0 amide bonds. The average molecular weight is 394 g/mol. The monoisotopic (exact) mass is 393 g/mol. The van der Waals surface area contributed by atoms with E-state index in [0.29, 0.717) is 6.54 Å². The summed E-state index contributed by atoms with van der Waals surface area (Å²) in [6.07, 6.45) is 6.34. The SMILES string of the molecule is CCCCc1ccc(CN(Cc2c[c]ccc2)S(=O)(=O)c2cccnc2)cc1. The van der Waals surface area contributed by atoms with E-state index in [4.69, 9.17) is 0 Å². The van der Waals surface area contributed by atoms with Gasteiger partial charge in [0.05, 0.1) is 0 Å². The van der Waals surface area contributed by atoms with Crippen molar-refractivity contribution in [2.75, 3.05) is 0 Å². The highest BCUT2D eigenvalue weighted by Gasteiger charge is 2.25. The van der Waals surface area contributed by atoms with E-state index in [-0.39, 0.29) is 11.4 Å². The fourth-order valence-electron chi connectivity index (χ4n) is 3.00. The minimum absolute atomic E-state index is 0.203. The first kappa shape index (κ1) is 20.2. The Morgan fingerprint density at radius 1 is 0.964 bits per heavy atom. The number of aromatic nitrogens is 1. The summed E-state index contributed by atoms with van der Waals surface area (Å²) < 4.78 is 27.9. The molecule has 0 saturated carbocycles. The zero-order chi connectivity index (χ0) is 19.8. The molecule has 28 heavy (non-hydrogen) atoms. The van der Waals surface area contributed by atoms with Crippen molar-refractivity contribution in [3.8, 4) is 0 Å². The maximum atomic E-state index is 13.2. The summed E-state index contributed by atoms with van der Waals surface area (Å²) in [4.78, 5) is 4.18. The lowest BCUT2D eigenvalue weighted by Crippen LogP contribution is -2.30. The summed E-state index contributed by atoms with van der Waals surface area (Å²) >= 11 is 0. The molecule has 0 unspecified atom stereocenters. The van der Waals surface area contributed by atoms with Crippen LogP contribution in [0, 0.1) is 6.07 Å². The molecule has 0 bridgehead atoms. The Labute approximate surface area is 167 Å². The number of hydrogen-bond donors (Lipinski definition) is 0. The number of aryl methyl sites for hydroxylation is 1. The van der Waals surface area contributed by atoms with Crippen LogP contribution in [0.4, 0.5) is 0 Å². The molecule has 1 aromatic heterocycles. The predicted molar refractivity (Wildman–Crippen MR) is 111 cm³/mol. The summed E-state index contributed by atoms with van der Waals surface area (Å²) in [5, 5.41) is 0. The van der Waals surface area contributed by atoms with Crippen LogP contribution in [-0.4, -0.2) is 17.7 Å². The molecule has 0 spiro atoms. The zero-order valence-electron chi connectivity index (χ0n) is 16.1. The molecule has 0 aliphatic heterocycles. The summed E-state index contributed by atoms with van der Waals surface area (Å²) in [7, 11) is -3.66. The van der Waals surface area contributed by atoms with Crippen LogP contribution < -0.4 is 0 Å². The predicted octanol–water partition coefficient (Wildman–Crippen LogP) is 4.62. The van der Waals surface area contributed by atoms with Crippen molar-refractivity contribution in [2.24, 2.45) is 0 Å². The quantitative estimate of drug-likeness (QED) is 0.533. The fraction of sp³-hybridized carbons (Fsp3) is 0.261. The number of unbranched alkanes of at least 4 members (excludes halogenated alkanes) is 1. The van der Waals surface area contributed by atoms with Crippen LogP contribution in [0.3, 0.4) is 0 Å². The average Bonchev–Trinajstić information content (AvgIpc) is 2.74. The summed E-state index contributed by atoms with van der Waals surface area (Å²) in [5.41, 5.74) is 3.15. The van der Waals surface area contributed by atoms with Gasteiger partial charge in [0.1, 0.15) is 4.90 Å². The van der Waals surface area contributed by atoms with Crippen molar-refractivity contribution in [3.63, 3.8) is 0 Å². The standard InChI is InChI=1S/C23H25N2O2S/c1-2-3-8-20-12-14-22(15-13-20)19-25(18-21-9-5-4-6-10-21)28(26,27)23-11-7-16-24-17-23/h4-5,7,9-17H,2-3,8,18-19H2,1H3. The highest BCUT2D eigenvalue weighted by atomic mass is 32.2. The minimum atomic E-state index is -3.66.